The van der Waals surface area contributed by atoms with Crippen LogP contribution < -0.4 is 0 Å². The molecule has 2 rings (SSSR count). The first-order valence-electron chi connectivity index (χ1n) is 6.24. The smallest absolute Gasteiger partial charge is 0.254 e. The third-order valence-electron chi connectivity index (χ3n) is 2.92. The molecule has 1 aromatic rings. The predicted octanol–water partition coefficient (Wildman–Crippen LogP) is 3.23. The summed E-state index contributed by atoms with van der Waals surface area (Å²) in [4.78, 5) is 14.0. The molecule has 1 aromatic carbocycles. The third kappa shape index (κ3) is 3.06. The average Bonchev–Trinajstić information content (AvgIpc) is 3.07. The fourth-order valence-corrected chi connectivity index (χ4v) is 2.02. The van der Waals surface area contributed by atoms with Crippen LogP contribution in [0.1, 0.15) is 37.0 Å². The van der Waals surface area contributed by atoms with Crippen LogP contribution in [0.5, 0.6) is 0 Å². The summed E-state index contributed by atoms with van der Waals surface area (Å²) in [6, 6.07) is 3.22. The van der Waals surface area contributed by atoms with Gasteiger partial charge in [-0.1, -0.05) is 13.8 Å². The maximum absolute atomic E-state index is 13.1. The van der Waals surface area contributed by atoms with Crippen molar-refractivity contribution in [3.63, 3.8) is 0 Å². The Morgan fingerprint density at radius 3 is 2.28 bits per heavy atom. The average molecular weight is 253 g/mol. The molecule has 0 radical (unpaired) electrons. The van der Waals surface area contributed by atoms with Gasteiger partial charge < -0.3 is 4.90 Å². The number of benzene rings is 1. The van der Waals surface area contributed by atoms with Crippen LogP contribution in [-0.2, 0) is 0 Å². The molecule has 0 spiro atoms. The Bertz CT molecular complexity index is 435. The molecule has 1 fully saturated rings. The van der Waals surface area contributed by atoms with Crippen molar-refractivity contribution in [2.75, 3.05) is 6.54 Å². The fourth-order valence-electron chi connectivity index (χ4n) is 2.02. The van der Waals surface area contributed by atoms with Gasteiger partial charge in [-0.3, -0.25) is 4.79 Å². The molecule has 18 heavy (non-hydrogen) atoms. The maximum Gasteiger partial charge on any atom is 0.254 e. The van der Waals surface area contributed by atoms with Gasteiger partial charge in [0.2, 0.25) is 0 Å². The van der Waals surface area contributed by atoms with Crippen molar-refractivity contribution in [1.29, 1.82) is 0 Å². The zero-order valence-corrected chi connectivity index (χ0v) is 10.6. The molecule has 1 aliphatic carbocycles. The Morgan fingerprint density at radius 1 is 1.28 bits per heavy atom. The van der Waals surface area contributed by atoms with Crippen molar-refractivity contribution < 1.29 is 13.6 Å². The van der Waals surface area contributed by atoms with Crippen LogP contribution in [0.4, 0.5) is 8.78 Å². The number of hydrogen-bond donors (Lipinski definition) is 0. The molecule has 0 aromatic heterocycles. The fraction of sp³-hybridized carbons (Fsp3) is 0.500. The highest BCUT2D eigenvalue weighted by molar-refractivity contribution is 5.94. The van der Waals surface area contributed by atoms with E-state index in [4.69, 9.17) is 0 Å². The number of hydrogen-bond acceptors (Lipinski definition) is 1. The number of halogens is 2. The minimum absolute atomic E-state index is 0.0973. The van der Waals surface area contributed by atoms with Crippen molar-refractivity contribution in [3.05, 3.63) is 35.4 Å². The summed E-state index contributed by atoms with van der Waals surface area (Å²) in [5.41, 5.74) is 0.0973. The van der Waals surface area contributed by atoms with Crippen molar-refractivity contribution >= 4 is 5.91 Å². The van der Waals surface area contributed by atoms with Crippen LogP contribution >= 0.6 is 0 Å². The second kappa shape index (κ2) is 5.04. The summed E-state index contributed by atoms with van der Waals surface area (Å²) in [7, 11) is 0. The lowest BCUT2D eigenvalue weighted by Gasteiger charge is -2.24. The van der Waals surface area contributed by atoms with Gasteiger partial charge in [-0.25, -0.2) is 8.78 Å². The molecule has 0 aliphatic heterocycles. The summed E-state index contributed by atoms with van der Waals surface area (Å²) >= 11 is 0. The molecule has 98 valence electrons. The molecular weight excluding hydrogens is 236 g/mol. The summed E-state index contributed by atoms with van der Waals surface area (Å²) in [5.74, 6) is -1.35. The molecule has 1 amide bonds. The van der Waals surface area contributed by atoms with Crippen LogP contribution in [0.25, 0.3) is 0 Å². The van der Waals surface area contributed by atoms with Crippen molar-refractivity contribution in [2.24, 2.45) is 5.92 Å². The largest absolute Gasteiger partial charge is 0.335 e. The highest BCUT2D eigenvalue weighted by Crippen LogP contribution is 2.29. The lowest BCUT2D eigenvalue weighted by atomic mass is 10.1. The van der Waals surface area contributed by atoms with Gasteiger partial charge in [0.1, 0.15) is 11.6 Å². The van der Waals surface area contributed by atoms with E-state index in [0.717, 1.165) is 31.0 Å². The highest BCUT2D eigenvalue weighted by atomic mass is 19.1. The molecule has 2 nitrogen and oxygen atoms in total. The minimum Gasteiger partial charge on any atom is -0.335 e. The van der Waals surface area contributed by atoms with Gasteiger partial charge in [-0.2, -0.15) is 0 Å². The first kappa shape index (κ1) is 13.0. The van der Waals surface area contributed by atoms with E-state index in [1.807, 2.05) is 13.8 Å². The van der Waals surface area contributed by atoms with Crippen LogP contribution in [0, 0.1) is 17.6 Å². The second-order valence-corrected chi connectivity index (χ2v) is 5.24. The number of rotatable bonds is 4. The number of amides is 1. The van der Waals surface area contributed by atoms with Crippen LogP contribution in [0.15, 0.2) is 18.2 Å². The summed E-state index contributed by atoms with van der Waals surface area (Å²) in [5, 5.41) is 0. The van der Waals surface area contributed by atoms with E-state index in [1.54, 1.807) is 4.90 Å². The Labute approximate surface area is 106 Å². The summed E-state index contributed by atoms with van der Waals surface area (Å²) in [6.07, 6.45) is 1.96. The zero-order valence-electron chi connectivity index (χ0n) is 10.6. The molecule has 0 N–H and O–H groups in total. The van der Waals surface area contributed by atoms with Gasteiger partial charge in [0.15, 0.2) is 0 Å². The van der Waals surface area contributed by atoms with E-state index < -0.39 is 11.6 Å². The first-order chi connectivity index (χ1) is 8.47. The van der Waals surface area contributed by atoms with Gasteiger partial charge in [0.25, 0.3) is 5.91 Å². The molecule has 0 saturated heterocycles. The molecule has 0 bridgehead atoms. The lowest BCUT2D eigenvalue weighted by molar-refractivity contribution is 0.0721. The van der Waals surface area contributed by atoms with Crippen molar-refractivity contribution in [2.45, 2.75) is 32.7 Å². The summed E-state index contributed by atoms with van der Waals surface area (Å²) < 4.78 is 26.2. The maximum atomic E-state index is 13.1. The second-order valence-electron chi connectivity index (χ2n) is 5.24. The van der Waals surface area contributed by atoms with E-state index >= 15 is 0 Å². The number of carbonyl (C=O) groups is 1. The third-order valence-corrected chi connectivity index (χ3v) is 2.92. The molecule has 1 aliphatic rings. The molecular formula is C14H17F2NO. The van der Waals surface area contributed by atoms with Gasteiger partial charge in [0.05, 0.1) is 0 Å². The Balaban J connectivity index is 2.21. The molecule has 0 heterocycles. The first-order valence-corrected chi connectivity index (χ1v) is 6.24. The summed E-state index contributed by atoms with van der Waals surface area (Å²) in [6.45, 7) is 4.67. The standard InChI is InChI=1S/C14H17F2NO/c1-9(2)8-17(13-3-4-13)14(18)10-5-11(15)7-12(16)6-10/h5-7,9,13H,3-4,8H2,1-2H3. The van der Waals surface area contributed by atoms with Crippen LogP contribution in [-0.4, -0.2) is 23.4 Å². The monoisotopic (exact) mass is 253 g/mol. The van der Waals surface area contributed by atoms with Crippen LogP contribution in [0.2, 0.25) is 0 Å². The molecule has 0 atom stereocenters. The Kier molecular flexibility index (Phi) is 3.64. The van der Waals surface area contributed by atoms with Crippen molar-refractivity contribution in [3.8, 4) is 0 Å². The van der Waals surface area contributed by atoms with Gasteiger partial charge in [-0.05, 0) is 30.9 Å². The highest BCUT2D eigenvalue weighted by Gasteiger charge is 2.33. The molecule has 1 saturated carbocycles. The molecule has 4 heteroatoms. The van der Waals surface area contributed by atoms with Crippen LogP contribution in [0.3, 0.4) is 0 Å². The van der Waals surface area contributed by atoms with E-state index in [2.05, 4.69) is 0 Å². The minimum atomic E-state index is -0.710. The predicted molar refractivity (Wildman–Crippen MR) is 65.3 cm³/mol. The quantitative estimate of drug-likeness (QED) is 0.806. The number of carbonyl (C=O) groups excluding carboxylic acids is 1. The normalized spacial score (nSPS) is 14.9. The number of nitrogens with zero attached hydrogens (tertiary/aromatic N) is 1. The van der Waals surface area contributed by atoms with E-state index in [-0.39, 0.29) is 17.5 Å². The topological polar surface area (TPSA) is 20.3 Å². The van der Waals surface area contributed by atoms with E-state index in [1.165, 1.54) is 0 Å². The van der Waals surface area contributed by atoms with Gasteiger partial charge >= 0.3 is 0 Å². The zero-order chi connectivity index (χ0) is 13.3. The van der Waals surface area contributed by atoms with Gasteiger partial charge in [-0.15, -0.1) is 0 Å². The lowest BCUT2D eigenvalue weighted by Crippen LogP contribution is -2.36. The van der Waals surface area contributed by atoms with E-state index in [9.17, 15) is 13.6 Å². The SMILES string of the molecule is CC(C)CN(C(=O)c1cc(F)cc(F)c1)C1CC1. The Morgan fingerprint density at radius 2 is 1.83 bits per heavy atom. The van der Waals surface area contributed by atoms with E-state index in [0.29, 0.717) is 12.5 Å². The Hall–Kier alpha value is -1.45. The molecule has 0 unspecified atom stereocenters. The van der Waals surface area contributed by atoms with Gasteiger partial charge in [0, 0.05) is 24.2 Å². The van der Waals surface area contributed by atoms with Crippen molar-refractivity contribution in [1.82, 2.24) is 4.90 Å².